The minimum absolute atomic E-state index is 0.0830. The summed E-state index contributed by atoms with van der Waals surface area (Å²) in [7, 11) is 2.21. The average Bonchev–Trinajstić information content (AvgIpc) is 2.92. The van der Waals surface area contributed by atoms with E-state index >= 15 is 0 Å². The van der Waals surface area contributed by atoms with Gasteiger partial charge in [-0.05, 0) is 33.4 Å². The molecule has 152 valence electrons. The van der Waals surface area contributed by atoms with Gasteiger partial charge >= 0.3 is 0 Å². The van der Waals surface area contributed by atoms with Crippen molar-refractivity contribution < 1.29 is 4.74 Å². The Labute approximate surface area is 169 Å². The number of ether oxygens (including phenoxy) is 1. The first-order valence-electron chi connectivity index (χ1n) is 10.7. The molecule has 0 radical (unpaired) electrons. The summed E-state index contributed by atoms with van der Waals surface area (Å²) in [6, 6.07) is 6.65. The van der Waals surface area contributed by atoms with E-state index in [1.54, 1.807) is 0 Å². The lowest BCUT2D eigenvalue weighted by Crippen LogP contribution is -2.52. The number of aromatic nitrogens is 2. The number of fused-ring (bicyclic) bond motifs is 1. The van der Waals surface area contributed by atoms with Gasteiger partial charge in [0, 0.05) is 68.9 Å². The van der Waals surface area contributed by atoms with E-state index in [-0.39, 0.29) is 5.60 Å². The van der Waals surface area contributed by atoms with Gasteiger partial charge in [0.25, 0.3) is 0 Å². The van der Waals surface area contributed by atoms with Crippen LogP contribution in [-0.2, 0) is 19.6 Å². The highest BCUT2D eigenvalue weighted by atomic mass is 16.5. The van der Waals surface area contributed by atoms with Gasteiger partial charge in [0.15, 0.2) is 0 Å². The number of likely N-dealkylation sites (tertiary alicyclic amines) is 1. The van der Waals surface area contributed by atoms with Crippen LogP contribution in [0.15, 0.2) is 24.4 Å². The molecule has 0 unspecified atom stereocenters. The van der Waals surface area contributed by atoms with Crippen molar-refractivity contribution in [3.05, 3.63) is 46.8 Å². The van der Waals surface area contributed by atoms with E-state index in [0.717, 1.165) is 64.3 Å². The summed E-state index contributed by atoms with van der Waals surface area (Å²) in [6.07, 6.45) is 5.35. The summed E-state index contributed by atoms with van der Waals surface area (Å²) in [6.45, 7) is 12.6. The molecule has 1 saturated heterocycles. The maximum atomic E-state index is 6.74. The van der Waals surface area contributed by atoms with Crippen LogP contribution >= 0.6 is 0 Å². The molecule has 0 aliphatic carbocycles. The van der Waals surface area contributed by atoms with Crippen molar-refractivity contribution in [1.82, 2.24) is 19.6 Å². The predicted octanol–water partition coefficient (Wildman–Crippen LogP) is 3.77. The van der Waals surface area contributed by atoms with E-state index in [1.807, 2.05) is 0 Å². The molecule has 2 aromatic rings. The Morgan fingerprint density at radius 2 is 1.96 bits per heavy atom. The maximum absolute atomic E-state index is 6.74. The van der Waals surface area contributed by atoms with Gasteiger partial charge in [0.05, 0.1) is 6.20 Å². The van der Waals surface area contributed by atoms with Gasteiger partial charge < -0.3 is 9.64 Å². The first-order valence-corrected chi connectivity index (χ1v) is 10.7. The zero-order valence-corrected chi connectivity index (χ0v) is 17.9. The van der Waals surface area contributed by atoms with Crippen LogP contribution in [0, 0.1) is 13.8 Å². The third-order valence-electron chi connectivity index (χ3n) is 6.38. The summed E-state index contributed by atoms with van der Waals surface area (Å²) < 4.78 is 8.89. The topological polar surface area (TPSA) is 33.5 Å². The molecule has 1 aromatic carbocycles. The standard InChI is InChI=1S/C23H34N4O/c1-5-10-27-19(3)21(14-24-27)16-26-15-20-13-18(2)6-7-22(20)28-23(17-26)8-11-25(4)12-9-23/h6-7,13-14H,5,8-12,15-17H2,1-4H3. The summed E-state index contributed by atoms with van der Waals surface area (Å²) >= 11 is 0. The molecule has 5 heteroatoms. The zero-order valence-electron chi connectivity index (χ0n) is 17.9. The van der Waals surface area contributed by atoms with Crippen LogP contribution in [0.4, 0.5) is 0 Å². The number of aryl methyl sites for hydroxylation is 2. The Hall–Kier alpha value is -1.85. The molecule has 5 nitrogen and oxygen atoms in total. The first-order chi connectivity index (χ1) is 13.5. The first kappa shape index (κ1) is 19.5. The van der Waals surface area contributed by atoms with Crippen molar-refractivity contribution in [3.8, 4) is 5.75 Å². The van der Waals surface area contributed by atoms with Crippen LogP contribution in [0.3, 0.4) is 0 Å². The molecule has 4 rings (SSSR count). The average molecular weight is 383 g/mol. The molecule has 2 aliphatic rings. The maximum Gasteiger partial charge on any atom is 0.124 e. The molecule has 0 atom stereocenters. The zero-order chi connectivity index (χ0) is 19.7. The predicted molar refractivity (Wildman–Crippen MR) is 113 cm³/mol. The van der Waals surface area contributed by atoms with Crippen molar-refractivity contribution in [2.45, 2.75) is 65.3 Å². The highest BCUT2D eigenvalue weighted by molar-refractivity contribution is 5.38. The monoisotopic (exact) mass is 382 g/mol. The van der Waals surface area contributed by atoms with Gasteiger partial charge in [-0.2, -0.15) is 5.10 Å². The summed E-state index contributed by atoms with van der Waals surface area (Å²) in [5.41, 5.74) is 5.17. The SMILES string of the molecule is CCCn1ncc(CN2Cc3cc(C)ccc3OC3(CCN(C)CC3)C2)c1C. The van der Waals surface area contributed by atoms with Crippen LogP contribution in [0.2, 0.25) is 0 Å². The minimum atomic E-state index is -0.0830. The fraction of sp³-hybridized carbons (Fsp3) is 0.609. The fourth-order valence-corrected chi connectivity index (χ4v) is 4.62. The lowest BCUT2D eigenvalue weighted by atomic mass is 9.90. The molecule has 3 heterocycles. The molecule has 0 bridgehead atoms. The van der Waals surface area contributed by atoms with Gasteiger partial charge in [-0.3, -0.25) is 9.58 Å². The smallest absolute Gasteiger partial charge is 0.124 e. The number of hydrogen-bond acceptors (Lipinski definition) is 4. The Balaban J connectivity index is 1.62. The van der Waals surface area contributed by atoms with Gasteiger partial charge in [0.2, 0.25) is 0 Å². The number of hydrogen-bond donors (Lipinski definition) is 0. The molecule has 0 N–H and O–H groups in total. The Kier molecular flexibility index (Phi) is 5.48. The normalized spacial score (nSPS) is 20.0. The number of piperidine rings is 1. The van der Waals surface area contributed by atoms with Crippen molar-refractivity contribution in [1.29, 1.82) is 0 Å². The minimum Gasteiger partial charge on any atom is -0.486 e. The molecular formula is C23H34N4O. The second-order valence-electron chi connectivity index (χ2n) is 8.82. The quantitative estimate of drug-likeness (QED) is 0.806. The van der Waals surface area contributed by atoms with Gasteiger partial charge in [-0.15, -0.1) is 0 Å². The fourth-order valence-electron chi connectivity index (χ4n) is 4.62. The van der Waals surface area contributed by atoms with Crippen LogP contribution in [0.1, 0.15) is 48.6 Å². The van der Waals surface area contributed by atoms with Gasteiger partial charge in [-0.25, -0.2) is 0 Å². The number of rotatable bonds is 4. The van der Waals surface area contributed by atoms with Crippen LogP contribution in [-0.4, -0.2) is 51.9 Å². The van der Waals surface area contributed by atoms with Gasteiger partial charge in [-0.1, -0.05) is 24.6 Å². The molecular weight excluding hydrogens is 348 g/mol. The van der Waals surface area contributed by atoms with Crippen LogP contribution in [0.25, 0.3) is 0 Å². The Morgan fingerprint density at radius 1 is 1.18 bits per heavy atom. The second-order valence-corrected chi connectivity index (χ2v) is 8.82. The number of nitrogens with zero attached hydrogens (tertiary/aromatic N) is 4. The molecule has 2 aliphatic heterocycles. The molecule has 0 saturated carbocycles. The van der Waals surface area contributed by atoms with Crippen molar-refractivity contribution >= 4 is 0 Å². The van der Waals surface area contributed by atoms with E-state index in [9.17, 15) is 0 Å². The molecule has 1 spiro atoms. The lowest BCUT2D eigenvalue weighted by molar-refractivity contribution is -0.0146. The summed E-state index contributed by atoms with van der Waals surface area (Å²) in [5, 5.41) is 4.62. The summed E-state index contributed by atoms with van der Waals surface area (Å²) in [5.74, 6) is 1.08. The van der Waals surface area contributed by atoms with E-state index in [1.165, 1.54) is 22.4 Å². The molecule has 1 fully saturated rings. The Morgan fingerprint density at radius 3 is 2.71 bits per heavy atom. The second kappa shape index (κ2) is 7.88. The van der Waals surface area contributed by atoms with E-state index in [2.05, 4.69) is 71.8 Å². The largest absolute Gasteiger partial charge is 0.486 e. The van der Waals surface area contributed by atoms with Crippen molar-refractivity contribution in [2.75, 3.05) is 26.7 Å². The third-order valence-corrected chi connectivity index (χ3v) is 6.38. The molecule has 1 aromatic heterocycles. The molecule has 0 amide bonds. The van der Waals surface area contributed by atoms with Crippen LogP contribution in [0.5, 0.6) is 5.75 Å². The third kappa shape index (κ3) is 3.96. The van der Waals surface area contributed by atoms with E-state index in [0.29, 0.717) is 0 Å². The lowest BCUT2D eigenvalue weighted by Gasteiger charge is -2.42. The van der Waals surface area contributed by atoms with Crippen molar-refractivity contribution in [3.63, 3.8) is 0 Å². The van der Waals surface area contributed by atoms with Gasteiger partial charge in [0.1, 0.15) is 11.4 Å². The van der Waals surface area contributed by atoms with Crippen LogP contribution < -0.4 is 4.74 Å². The highest BCUT2D eigenvalue weighted by Gasteiger charge is 2.40. The highest BCUT2D eigenvalue weighted by Crippen LogP contribution is 2.36. The summed E-state index contributed by atoms with van der Waals surface area (Å²) in [4.78, 5) is 5.00. The van der Waals surface area contributed by atoms with Crippen molar-refractivity contribution in [2.24, 2.45) is 0 Å². The number of benzene rings is 1. The van der Waals surface area contributed by atoms with E-state index < -0.39 is 0 Å². The van der Waals surface area contributed by atoms with E-state index in [4.69, 9.17) is 4.74 Å². The Bertz CT molecular complexity index is 820. The molecule has 28 heavy (non-hydrogen) atoms.